The van der Waals surface area contributed by atoms with E-state index in [0.717, 1.165) is 25.3 Å². The third kappa shape index (κ3) is 4.33. The van der Waals surface area contributed by atoms with E-state index < -0.39 is 0 Å². The predicted molar refractivity (Wildman–Crippen MR) is 88.9 cm³/mol. The summed E-state index contributed by atoms with van der Waals surface area (Å²) in [5.41, 5.74) is 3.83. The maximum atomic E-state index is 5.76. The van der Waals surface area contributed by atoms with Crippen LogP contribution in [0, 0.1) is 6.92 Å². The van der Waals surface area contributed by atoms with Crippen molar-refractivity contribution in [2.24, 2.45) is 0 Å². The van der Waals surface area contributed by atoms with Gasteiger partial charge in [-0.15, -0.1) is 0 Å². The fraction of sp³-hybridized carbons (Fsp3) is 0.368. The molecule has 0 bridgehead atoms. The highest BCUT2D eigenvalue weighted by molar-refractivity contribution is 5.37. The Morgan fingerprint density at radius 2 is 1.71 bits per heavy atom. The molecule has 2 nitrogen and oxygen atoms in total. The normalized spacial score (nSPS) is 12.1. The van der Waals surface area contributed by atoms with Gasteiger partial charge in [0, 0.05) is 0 Å². The second-order valence-electron chi connectivity index (χ2n) is 5.33. The fourth-order valence-corrected chi connectivity index (χ4v) is 2.49. The number of hydrogen-bond donors (Lipinski definition) is 1. The van der Waals surface area contributed by atoms with Crippen LogP contribution in [0.25, 0.3) is 0 Å². The molecule has 2 heteroatoms. The Bertz CT molecular complexity index is 565. The molecule has 2 aromatic carbocycles. The summed E-state index contributed by atoms with van der Waals surface area (Å²) in [5.74, 6) is 0.949. The molecule has 0 radical (unpaired) electrons. The highest BCUT2D eigenvalue weighted by atomic mass is 16.5. The lowest BCUT2D eigenvalue weighted by molar-refractivity contribution is 0.317. The Labute approximate surface area is 128 Å². The van der Waals surface area contributed by atoms with Crippen LogP contribution in [0.1, 0.15) is 43.0 Å². The number of nitrogens with one attached hydrogen (secondary N) is 1. The van der Waals surface area contributed by atoms with Crippen LogP contribution >= 0.6 is 0 Å². The molecule has 1 N–H and O–H groups in total. The molecule has 0 spiro atoms. The Morgan fingerprint density at radius 3 is 2.38 bits per heavy atom. The number of rotatable bonds is 7. The zero-order valence-electron chi connectivity index (χ0n) is 13.2. The Morgan fingerprint density at radius 1 is 1.00 bits per heavy atom. The van der Waals surface area contributed by atoms with Gasteiger partial charge in [-0.05, 0) is 43.1 Å². The van der Waals surface area contributed by atoms with Crippen molar-refractivity contribution < 1.29 is 4.74 Å². The molecule has 1 atom stereocenters. The van der Waals surface area contributed by atoms with Crippen molar-refractivity contribution >= 4 is 0 Å². The summed E-state index contributed by atoms with van der Waals surface area (Å²) in [4.78, 5) is 0. The molecule has 0 heterocycles. The SMILES string of the molecule is CCCOc1cccc(C(NCC)c2cccc(C)c2)c1. The van der Waals surface area contributed by atoms with Gasteiger partial charge in [-0.2, -0.15) is 0 Å². The second-order valence-corrected chi connectivity index (χ2v) is 5.33. The quantitative estimate of drug-likeness (QED) is 0.808. The Balaban J connectivity index is 2.29. The molecule has 0 saturated carbocycles. The maximum absolute atomic E-state index is 5.76. The van der Waals surface area contributed by atoms with Gasteiger partial charge < -0.3 is 10.1 Å². The molecule has 112 valence electrons. The Kier molecular flexibility index (Phi) is 5.82. The van der Waals surface area contributed by atoms with Crippen LogP contribution in [0.5, 0.6) is 5.75 Å². The maximum Gasteiger partial charge on any atom is 0.119 e. The van der Waals surface area contributed by atoms with Gasteiger partial charge in [-0.3, -0.25) is 0 Å². The van der Waals surface area contributed by atoms with E-state index in [0.29, 0.717) is 0 Å². The number of hydrogen-bond acceptors (Lipinski definition) is 2. The lowest BCUT2D eigenvalue weighted by Gasteiger charge is -2.20. The van der Waals surface area contributed by atoms with E-state index in [1.165, 1.54) is 16.7 Å². The molecule has 0 aliphatic heterocycles. The summed E-state index contributed by atoms with van der Waals surface area (Å²) in [5, 5.41) is 3.57. The molecule has 0 amide bonds. The molecule has 0 fully saturated rings. The van der Waals surface area contributed by atoms with Gasteiger partial charge in [0.05, 0.1) is 12.6 Å². The second kappa shape index (κ2) is 7.84. The van der Waals surface area contributed by atoms with Crippen molar-refractivity contribution in [3.8, 4) is 5.75 Å². The van der Waals surface area contributed by atoms with Crippen molar-refractivity contribution in [1.82, 2.24) is 5.32 Å². The molecule has 1 unspecified atom stereocenters. The van der Waals surface area contributed by atoms with Crippen molar-refractivity contribution in [2.45, 2.75) is 33.2 Å². The summed E-state index contributed by atoms with van der Waals surface area (Å²) < 4.78 is 5.76. The molecule has 0 aliphatic rings. The molecule has 2 aromatic rings. The third-order valence-corrected chi connectivity index (χ3v) is 3.45. The first kappa shape index (κ1) is 15.6. The van der Waals surface area contributed by atoms with Crippen molar-refractivity contribution in [1.29, 1.82) is 0 Å². The molecule has 2 rings (SSSR count). The van der Waals surface area contributed by atoms with E-state index in [1.807, 2.05) is 6.07 Å². The standard InChI is InChI=1S/C19H25NO/c1-4-12-21-18-11-7-10-17(14-18)19(20-5-2)16-9-6-8-15(3)13-16/h6-11,13-14,19-20H,4-5,12H2,1-3H3. The number of aryl methyl sites for hydroxylation is 1. The first-order chi connectivity index (χ1) is 10.2. The molecule has 21 heavy (non-hydrogen) atoms. The molecule has 0 aromatic heterocycles. The minimum Gasteiger partial charge on any atom is -0.494 e. The van der Waals surface area contributed by atoms with Crippen molar-refractivity contribution in [3.63, 3.8) is 0 Å². The first-order valence-electron chi connectivity index (χ1n) is 7.77. The van der Waals surface area contributed by atoms with Gasteiger partial charge in [-0.1, -0.05) is 55.8 Å². The van der Waals surface area contributed by atoms with E-state index in [9.17, 15) is 0 Å². The zero-order chi connectivity index (χ0) is 15.1. The summed E-state index contributed by atoms with van der Waals surface area (Å²) in [6.45, 7) is 8.09. The monoisotopic (exact) mass is 283 g/mol. The van der Waals surface area contributed by atoms with Gasteiger partial charge in [0.15, 0.2) is 0 Å². The van der Waals surface area contributed by atoms with Crippen LogP contribution in [0.15, 0.2) is 48.5 Å². The van der Waals surface area contributed by atoms with Gasteiger partial charge in [0.1, 0.15) is 5.75 Å². The fourth-order valence-electron chi connectivity index (χ4n) is 2.49. The van der Waals surface area contributed by atoms with E-state index >= 15 is 0 Å². The average molecular weight is 283 g/mol. The van der Waals surface area contributed by atoms with E-state index in [2.05, 4.69) is 68.6 Å². The van der Waals surface area contributed by atoms with E-state index in [-0.39, 0.29) is 6.04 Å². The van der Waals surface area contributed by atoms with Gasteiger partial charge in [-0.25, -0.2) is 0 Å². The number of ether oxygens (including phenoxy) is 1. The van der Waals surface area contributed by atoms with Crippen LogP contribution in [0.2, 0.25) is 0 Å². The van der Waals surface area contributed by atoms with Crippen LogP contribution in [-0.4, -0.2) is 13.2 Å². The highest BCUT2D eigenvalue weighted by Crippen LogP contribution is 2.26. The van der Waals surface area contributed by atoms with E-state index in [4.69, 9.17) is 4.74 Å². The smallest absolute Gasteiger partial charge is 0.119 e. The summed E-state index contributed by atoms with van der Waals surface area (Å²) >= 11 is 0. The average Bonchev–Trinajstić information content (AvgIpc) is 2.51. The third-order valence-electron chi connectivity index (χ3n) is 3.45. The van der Waals surface area contributed by atoms with Gasteiger partial charge >= 0.3 is 0 Å². The highest BCUT2D eigenvalue weighted by Gasteiger charge is 2.13. The number of benzene rings is 2. The van der Waals surface area contributed by atoms with Gasteiger partial charge in [0.2, 0.25) is 0 Å². The molecule has 0 saturated heterocycles. The molecular formula is C19H25NO. The van der Waals surface area contributed by atoms with E-state index in [1.54, 1.807) is 0 Å². The lowest BCUT2D eigenvalue weighted by atomic mass is 9.97. The van der Waals surface area contributed by atoms with Crippen LogP contribution < -0.4 is 10.1 Å². The summed E-state index contributed by atoms with van der Waals surface area (Å²) in [6.07, 6.45) is 1.03. The zero-order valence-corrected chi connectivity index (χ0v) is 13.2. The molecular weight excluding hydrogens is 258 g/mol. The van der Waals surface area contributed by atoms with Crippen LogP contribution in [0.4, 0.5) is 0 Å². The molecule has 0 aliphatic carbocycles. The minimum atomic E-state index is 0.208. The topological polar surface area (TPSA) is 21.3 Å². The largest absolute Gasteiger partial charge is 0.494 e. The van der Waals surface area contributed by atoms with Gasteiger partial charge in [0.25, 0.3) is 0 Å². The Hall–Kier alpha value is -1.80. The predicted octanol–water partition coefficient (Wildman–Crippen LogP) is 4.48. The lowest BCUT2D eigenvalue weighted by Crippen LogP contribution is -2.22. The summed E-state index contributed by atoms with van der Waals surface area (Å²) in [6, 6.07) is 17.3. The van der Waals surface area contributed by atoms with Crippen LogP contribution in [-0.2, 0) is 0 Å². The van der Waals surface area contributed by atoms with Crippen molar-refractivity contribution in [3.05, 3.63) is 65.2 Å². The van der Waals surface area contributed by atoms with Crippen LogP contribution in [0.3, 0.4) is 0 Å². The summed E-state index contributed by atoms with van der Waals surface area (Å²) in [7, 11) is 0. The first-order valence-corrected chi connectivity index (χ1v) is 7.77. The minimum absolute atomic E-state index is 0.208. The van der Waals surface area contributed by atoms with Crippen molar-refractivity contribution in [2.75, 3.05) is 13.2 Å².